The van der Waals surface area contributed by atoms with Crippen molar-refractivity contribution in [2.45, 2.75) is 25.8 Å². The van der Waals surface area contributed by atoms with Crippen LogP contribution in [-0.4, -0.2) is 0 Å². The quantitative estimate of drug-likeness (QED) is 0.737. The van der Waals surface area contributed by atoms with Crippen LogP contribution in [0.1, 0.15) is 29.7 Å². The van der Waals surface area contributed by atoms with Crippen molar-refractivity contribution in [3.63, 3.8) is 0 Å². The Labute approximate surface area is 126 Å². The molecular formula is C20H21N. The molecule has 0 aliphatic carbocycles. The molecule has 0 saturated heterocycles. The minimum Gasteiger partial charge on any atom is -0.324 e. The van der Waals surface area contributed by atoms with Crippen molar-refractivity contribution < 1.29 is 0 Å². The summed E-state index contributed by atoms with van der Waals surface area (Å²) in [5.74, 6) is 0. The SMILES string of the molecule is CCc1ccc(CC(N)c2cccc3ccccc23)cc1. The molecule has 0 heterocycles. The zero-order valence-electron chi connectivity index (χ0n) is 12.4. The molecule has 0 amide bonds. The standard InChI is InChI=1S/C20H21N/c1-2-15-10-12-16(13-11-15)14-20(21)19-9-5-7-17-6-3-4-8-18(17)19/h3-13,20H,2,14,21H2,1H3. The van der Waals surface area contributed by atoms with E-state index in [-0.39, 0.29) is 6.04 Å². The van der Waals surface area contributed by atoms with E-state index in [1.54, 1.807) is 0 Å². The number of hydrogen-bond donors (Lipinski definition) is 1. The van der Waals surface area contributed by atoms with Crippen LogP contribution in [0.15, 0.2) is 66.7 Å². The van der Waals surface area contributed by atoms with E-state index in [2.05, 4.69) is 73.7 Å². The minimum atomic E-state index is 0.0311. The van der Waals surface area contributed by atoms with Crippen molar-refractivity contribution in [3.8, 4) is 0 Å². The van der Waals surface area contributed by atoms with Gasteiger partial charge in [-0.3, -0.25) is 0 Å². The maximum atomic E-state index is 6.46. The van der Waals surface area contributed by atoms with E-state index >= 15 is 0 Å². The summed E-state index contributed by atoms with van der Waals surface area (Å²) in [6.07, 6.45) is 1.95. The second-order valence-electron chi connectivity index (χ2n) is 5.55. The molecule has 1 atom stereocenters. The van der Waals surface area contributed by atoms with Crippen LogP contribution in [0.5, 0.6) is 0 Å². The number of aryl methyl sites for hydroxylation is 1. The third-order valence-corrected chi connectivity index (χ3v) is 4.11. The number of nitrogens with two attached hydrogens (primary N) is 1. The predicted octanol–water partition coefficient (Wildman–Crippen LogP) is 4.64. The summed E-state index contributed by atoms with van der Waals surface area (Å²) in [5, 5.41) is 2.52. The summed E-state index contributed by atoms with van der Waals surface area (Å²) in [6.45, 7) is 2.18. The van der Waals surface area contributed by atoms with Gasteiger partial charge in [-0.25, -0.2) is 0 Å². The average Bonchev–Trinajstić information content (AvgIpc) is 2.55. The van der Waals surface area contributed by atoms with Crippen molar-refractivity contribution in [2.24, 2.45) is 5.73 Å². The largest absolute Gasteiger partial charge is 0.324 e. The van der Waals surface area contributed by atoms with Crippen LogP contribution in [0, 0.1) is 0 Å². The highest BCUT2D eigenvalue weighted by Gasteiger charge is 2.10. The van der Waals surface area contributed by atoms with Gasteiger partial charge in [0.1, 0.15) is 0 Å². The molecule has 0 saturated carbocycles. The zero-order valence-corrected chi connectivity index (χ0v) is 12.4. The van der Waals surface area contributed by atoms with Gasteiger partial charge >= 0.3 is 0 Å². The molecule has 0 radical (unpaired) electrons. The van der Waals surface area contributed by atoms with Crippen LogP contribution in [-0.2, 0) is 12.8 Å². The summed E-state index contributed by atoms with van der Waals surface area (Å²) in [7, 11) is 0. The molecule has 0 aliphatic rings. The lowest BCUT2D eigenvalue weighted by molar-refractivity contribution is 0.728. The Morgan fingerprint density at radius 3 is 2.24 bits per heavy atom. The highest BCUT2D eigenvalue weighted by atomic mass is 14.6. The summed E-state index contributed by atoms with van der Waals surface area (Å²) in [5.41, 5.74) is 10.4. The lowest BCUT2D eigenvalue weighted by Crippen LogP contribution is -2.13. The van der Waals surface area contributed by atoms with Gasteiger partial charge in [0.25, 0.3) is 0 Å². The summed E-state index contributed by atoms with van der Waals surface area (Å²) in [4.78, 5) is 0. The number of rotatable bonds is 4. The number of hydrogen-bond acceptors (Lipinski definition) is 1. The summed E-state index contributed by atoms with van der Waals surface area (Å²) >= 11 is 0. The molecule has 21 heavy (non-hydrogen) atoms. The molecule has 0 bridgehead atoms. The van der Waals surface area contributed by atoms with Crippen molar-refractivity contribution in [2.75, 3.05) is 0 Å². The monoisotopic (exact) mass is 275 g/mol. The van der Waals surface area contributed by atoms with Gasteiger partial charge in [-0.2, -0.15) is 0 Å². The van der Waals surface area contributed by atoms with Gasteiger partial charge in [-0.05, 0) is 40.3 Å². The fraction of sp³-hybridized carbons (Fsp3) is 0.200. The molecular weight excluding hydrogens is 254 g/mol. The Kier molecular flexibility index (Phi) is 4.03. The molecule has 0 fully saturated rings. The lowest BCUT2D eigenvalue weighted by Gasteiger charge is -2.15. The smallest absolute Gasteiger partial charge is 0.0341 e. The Hall–Kier alpha value is -2.12. The average molecular weight is 275 g/mol. The van der Waals surface area contributed by atoms with Gasteiger partial charge in [0.2, 0.25) is 0 Å². The molecule has 0 aliphatic heterocycles. The molecule has 3 rings (SSSR count). The molecule has 3 aromatic rings. The van der Waals surface area contributed by atoms with Crippen LogP contribution in [0.2, 0.25) is 0 Å². The first-order chi connectivity index (χ1) is 10.3. The van der Waals surface area contributed by atoms with Crippen LogP contribution < -0.4 is 5.73 Å². The van der Waals surface area contributed by atoms with Crippen molar-refractivity contribution in [1.29, 1.82) is 0 Å². The first-order valence-corrected chi connectivity index (χ1v) is 7.59. The molecule has 1 heteroatoms. The maximum Gasteiger partial charge on any atom is 0.0341 e. The Morgan fingerprint density at radius 2 is 1.48 bits per heavy atom. The second kappa shape index (κ2) is 6.11. The fourth-order valence-electron chi connectivity index (χ4n) is 2.85. The van der Waals surface area contributed by atoms with E-state index in [1.807, 2.05) is 0 Å². The Balaban J connectivity index is 1.88. The van der Waals surface area contributed by atoms with Gasteiger partial charge in [0.05, 0.1) is 0 Å². The van der Waals surface area contributed by atoms with Gasteiger partial charge in [-0.1, -0.05) is 73.7 Å². The van der Waals surface area contributed by atoms with Gasteiger partial charge in [0, 0.05) is 6.04 Å². The third kappa shape index (κ3) is 2.98. The van der Waals surface area contributed by atoms with Crippen LogP contribution >= 0.6 is 0 Å². The minimum absolute atomic E-state index is 0.0311. The van der Waals surface area contributed by atoms with Crippen LogP contribution in [0.4, 0.5) is 0 Å². The van der Waals surface area contributed by atoms with Crippen LogP contribution in [0.3, 0.4) is 0 Å². The molecule has 1 nitrogen and oxygen atoms in total. The molecule has 106 valence electrons. The van der Waals surface area contributed by atoms with Gasteiger partial charge in [-0.15, -0.1) is 0 Å². The van der Waals surface area contributed by atoms with E-state index in [4.69, 9.17) is 5.73 Å². The highest BCUT2D eigenvalue weighted by Crippen LogP contribution is 2.25. The van der Waals surface area contributed by atoms with E-state index in [9.17, 15) is 0 Å². The fourth-order valence-corrected chi connectivity index (χ4v) is 2.85. The summed E-state index contributed by atoms with van der Waals surface area (Å²) < 4.78 is 0. The second-order valence-corrected chi connectivity index (χ2v) is 5.55. The number of benzene rings is 3. The van der Waals surface area contributed by atoms with Crippen molar-refractivity contribution >= 4 is 10.8 Å². The van der Waals surface area contributed by atoms with E-state index in [0.717, 1.165) is 12.8 Å². The molecule has 2 N–H and O–H groups in total. The Bertz CT molecular complexity index is 723. The van der Waals surface area contributed by atoms with Crippen LogP contribution in [0.25, 0.3) is 10.8 Å². The van der Waals surface area contributed by atoms with E-state index in [1.165, 1.54) is 27.5 Å². The van der Waals surface area contributed by atoms with E-state index in [0.29, 0.717) is 0 Å². The molecule has 1 unspecified atom stereocenters. The first-order valence-electron chi connectivity index (χ1n) is 7.59. The molecule has 3 aromatic carbocycles. The molecule has 0 aromatic heterocycles. The third-order valence-electron chi connectivity index (χ3n) is 4.11. The Morgan fingerprint density at radius 1 is 0.810 bits per heavy atom. The van der Waals surface area contributed by atoms with Crippen molar-refractivity contribution in [1.82, 2.24) is 0 Å². The predicted molar refractivity (Wildman–Crippen MR) is 90.4 cm³/mol. The zero-order chi connectivity index (χ0) is 14.7. The topological polar surface area (TPSA) is 26.0 Å². The number of fused-ring (bicyclic) bond motifs is 1. The van der Waals surface area contributed by atoms with Crippen molar-refractivity contribution in [3.05, 3.63) is 83.4 Å². The normalized spacial score (nSPS) is 12.5. The lowest BCUT2D eigenvalue weighted by atomic mass is 9.94. The summed E-state index contributed by atoms with van der Waals surface area (Å²) in [6, 6.07) is 23.7. The van der Waals surface area contributed by atoms with E-state index < -0.39 is 0 Å². The van der Waals surface area contributed by atoms with Gasteiger partial charge in [0.15, 0.2) is 0 Å². The maximum absolute atomic E-state index is 6.46. The highest BCUT2D eigenvalue weighted by molar-refractivity contribution is 5.86. The first kappa shape index (κ1) is 13.8. The molecule has 0 spiro atoms. The van der Waals surface area contributed by atoms with Gasteiger partial charge < -0.3 is 5.73 Å².